The molecule has 0 fully saturated rings. The minimum Gasteiger partial charge on any atom is -0.366 e. The van der Waals surface area contributed by atoms with Crippen LogP contribution in [-0.2, 0) is 6.54 Å². The number of H-pyrrole nitrogens is 1. The van der Waals surface area contributed by atoms with Crippen LogP contribution in [-0.4, -0.2) is 40.2 Å². The number of rotatable bonds is 5. The summed E-state index contributed by atoms with van der Waals surface area (Å²) in [5, 5.41) is 21.8. The zero-order valence-electron chi connectivity index (χ0n) is 15.6. The molecule has 5 aromatic rings. The number of hydrogen-bond donors (Lipinski definition) is 2. The standard InChI is InChI=1S/C20H17N9/c1-13-11-18(29-17(24-13)8-10-23-29)22-12-14-4-6-15(7-5-14)16-3-2-9-21-19(16)20-25-27-28-26-20/h2-11,22H,12H2,1H3,(H,25,26,27,28). The number of hydrogen-bond acceptors (Lipinski definition) is 7. The summed E-state index contributed by atoms with van der Waals surface area (Å²) in [6, 6.07) is 16.1. The molecule has 4 heterocycles. The number of aromatic amines is 1. The molecular weight excluding hydrogens is 366 g/mol. The van der Waals surface area contributed by atoms with Gasteiger partial charge in [0.15, 0.2) is 11.5 Å². The van der Waals surface area contributed by atoms with Crippen LogP contribution in [0.25, 0.3) is 28.3 Å². The maximum atomic E-state index is 4.46. The topological polar surface area (TPSA) is 110 Å². The van der Waals surface area contributed by atoms with Crippen molar-refractivity contribution in [2.24, 2.45) is 0 Å². The summed E-state index contributed by atoms with van der Waals surface area (Å²) in [6.07, 6.45) is 3.48. The van der Waals surface area contributed by atoms with Gasteiger partial charge in [0.1, 0.15) is 11.5 Å². The first-order valence-corrected chi connectivity index (χ1v) is 9.11. The molecule has 1 aromatic carbocycles. The molecule has 5 rings (SSSR count). The molecule has 0 aliphatic heterocycles. The first-order chi connectivity index (χ1) is 14.3. The summed E-state index contributed by atoms with van der Waals surface area (Å²) < 4.78 is 1.80. The van der Waals surface area contributed by atoms with Crippen LogP contribution >= 0.6 is 0 Å². The van der Waals surface area contributed by atoms with E-state index in [9.17, 15) is 0 Å². The molecule has 9 nitrogen and oxygen atoms in total. The van der Waals surface area contributed by atoms with Crippen molar-refractivity contribution in [1.29, 1.82) is 0 Å². The smallest absolute Gasteiger partial charge is 0.198 e. The van der Waals surface area contributed by atoms with Gasteiger partial charge in [-0.1, -0.05) is 30.3 Å². The highest BCUT2D eigenvalue weighted by atomic mass is 15.5. The van der Waals surface area contributed by atoms with Crippen molar-refractivity contribution in [3.05, 3.63) is 72.2 Å². The third-order valence-electron chi connectivity index (χ3n) is 4.60. The van der Waals surface area contributed by atoms with E-state index in [1.807, 2.05) is 31.2 Å². The van der Waals surface area contributed by atoms with Gasteiger partial charge in [-0.15, -0.1) is 5.10 Å². The molecule has 9 heteroatoms. The molecule has 2 N–H and O–H groups in total. The third kappa shape index (κ3) is 3.29. The van der Waals surface area contributed by atoms with Gasteiger partial charge in [0.05, 0.1) is 6.20 Å². The lowest BCUT2D eigenvalue weighted by molar-refractivity contribution is 0.881. The fraction of sp³-hybridized carbons (Fsp3) is 0.100. The summed E-state index contributed by atoms with van der Waals surface area (Å²) in [4.78, 5) is 8.89. The van der Waals surface area contributed by atoms with Gasteiger partial charge in [0, 0.05) is 36.1 Å². The Hall–Kier alpha value is -4.14. The number of pyridine rings is 1. The van der Waals surface area contributed by atoms with Crippen molar-refractivity contribution < 1.29 is 0 Å². The van der Waals surface area contributed by atoms with Crippen molar-refractivity contribution in [3.63, 3.8) is 0 Å². The second-order valence-corrected chi connectivity index (χ2v) is 6.58. The van der Waals surface area contributed by atoms with Crippen molar-refractivity contribution in [3.8, 4) is 22.6 Å². The minimum absolute atomic E-state index is 0.544. The van der Waals surface area contributed by atoms with E-state index in [0.29, 0.717) is 12.4 Å². The maximum absolute atomic E-state index is 4.46. The van der Waals surface area contributed by atoms with Crippen molar-refractivity contribution in [2.75, 3.05) is 5.32 Å². The molecule has 0 bridgehead atoms. The number of aromatic nitrogens is 8. The Bertz CT molecular complexity index is 1260. The molecule has 0 spiro atoms. The summed E-state index contributed by atoms with van der Waals surface area (Å²) in [5.41, 5.74) is 5.65. The van der Waals surface area contributed by atoms with E-state index in [0.717, 1.165) is 39.5 Å². The van der Waals surface area contributed by atoms with Crippen LogP contribution in [0.4, 0.5) is 5.82 Å². The summed E-state index contributed by atoms with van der Waals surface area (Å²) >= 11 is 0. The van der Waals surface area contributed by atoms with E-state index in [2.05, 4.69) is 65.3 Å². The van der Waals surface area contributed by atoms with Crippen LogP contribution < -0.4 is 5.32 Å². The maximum Gasteiger partial charge on any atom is 0.198 e. The van der Waals surface area contributed by atoms with E-state index in [1.165, 1.54) is 0 Å². The minimum atomic E-state index is 0.544. The molecule has 0 saturated heterocycles. The predicted octanol–water partition coefficient (Wildman–Crippen LogP) is 2.89. The molecule has 0 aliphatic carbocycles. The molecule has 142 valence electrons. The first-order valence-electron chi connectivity index (χ1n) is 9.11. The van der Waals surface area contributed by atoms with Crippen LogP contribution in [0.5, 0.6) is 0 Å². The van der Waals surface area contributed by atoms with Crippen LogP contribution in [0.3, 0.4) is 0 Å². The Morgan fingerprint density at radius 3 is 2.79 bits per heavy atom. The Labute approximate surface area is 165 Å². The summed E-state index contributed by atoms with van der Waals surface area (Å²) in [6.45, 7) is 2.65. The van der Waals surface area contributed by atoms with E-state index in [1.54, 1.807) is 16.9 Å². The second-order valence-electron chi connectivity index (χ2n) is 6.58. The highest BCUT2D eigenvalue weighted by Crippen LogP contribution is 2.28. The van der Waals surface area contributed by atoms with Crippen LogP contribution in [0.15, 0.2) is 60.9 Å². The number of nitrogens with one attached hydrogen (secondary N) is 2. The van der Waals surface area contributed by atoms with Gasteiger partial charge in [0.2, 0.25) is 0 Å². The average Bonchev–Trinajstić information content (AvgIpc) is 3.44. The molecule has 4 aromatic heterocycles. The Morgan fingerprint density at radius 1 is 1.07 bits per heavy atom. The van der Waals surface area contributed by atoms with E-state index in [-0.39, 0.29) is 0 Å². The SMILES string of the molecule is Cc1cc(NCc2ccc(-c3cccnc3-c3nnn[nH]3)cc2)n2nccc2n1. The van der Waals surface area contributed by atoms with E-state index < -0.39 is 0 Å². The lowest BCUT2D eigenvalue weighted by Crippen LogP contribution is -2.06. The van der Waals surface area contributed by atoms with Crippen LogP contribution in [0, 0.1) is 6.92 Å². The highest BCUT2D eigenvalue weighted by molar-refractivity contribution is 5.77. The zero-order chi connectivity index (χ0) is 19.6. The zero-order valence-corrected chi connectivity index (χ0v) is 15.6. The Morgan fingerprint density at radius 2 is 1.97 bits per heavy atom. The van der Waals surface area contributed by atoms with E-state index in [4.69, 9.17) is 0 Å². The lowest BCUT2D eigenvalue weighted by Gasteiger charge is -2.10. The average molecular weight is 383 g/mol. The molecule has 0 unspecified atom stereocenters. The number of fused-ring (bicyclic) bond motifs is 1. The van der Waals surface area contributed by atoms with Gasteiger partial charge in [-0.2, -0.15) is 9.61 Å². The Balaban J connectivity index is 1.38. The molecule has 0 radical (unpaired) electrons. The van der Waals surface area contributed by atoms with Gasteiger partial charge in [-0.3, -0.25) is 4.98 Å². The number of nitrogens with zero attached hydrogens (tertiary/aromatic N) is 7. The van der Waals surface area contributed by atoms with Crippen molar-refractivity contribution in [2.45, 2.75) is 13.5 Å². The fourth-order valence-corrected chi connectivity index (χ4v) is 3.25. The van der Waals surface area contributed by atoms with E-state index >= 15 is 0 Å². The molecular formula is C20H17N9. The van der Waals surface area contributed by atoms with Gasteiger partial charge < -0.3 is 5.32 Å². The monoisotopic (exact) mass is 383 g/mol. The molecule has 29 heavy (non-hydrogen) atoms. The predicted molar refractivity (Wildman–Crippen MR) is 108 cm³/mol. The normalized spacial score (nSPS) is 11.1. The molecule has 0 saturated carbocycles. The number of tetrazole rings is 1. The fourth-order valence-electron chi connectivity index (χ4n) is 3.25. The van der Waals surface area contributed by atoms with Gasteiger partial charge in [-0.05, 0) is 34.5 Å². The molecule has 0 atom stereocenters. The lowest BCUT2D eigenvalue weighted by atomic mass is 10.0. The largest absolute Gasteiger partial charge is 0.366 e. The van der Waals surface area contributed by atoms with Crippen molar-refractivity contribution in [1.82, 2.24) is 40.2 Å². The third-order valence-corrected chi connectivity index (χ3v) is 4.60. The highest BCUT2D eigenvalue weighted by Gasteiger charge is 2.11. The quantitative estimate of drug-likeness (QED) is 0.480. The van der Waals surface area contributed by atoms with Crippen molar-refractivity contribution >= 4 is 11.5 Å². The molecule has 0 amide bonds. The summed E-state index contributed by atoms with van der Waals surface area (Å²) in [7, 11) is 0. The van der Waals surface area contributed by atoms with Gasteiger partial charge in [-0.25, -0.2) is 10.1 Å². The van der Waals surface area contributed by atoms with Gasteiger partial charge in [0.25, 0.3) is 0 Å². The second kappa shape index (κ2) is 7.12. The first kappa shape index (κ1) is 17.0. The van der Waals surface area contributed by atoms with Crippen LogP contribution in [0.2, 0.25) is 0 Å². The van der Waals surface area contributed by atoms with Gasteiger partial charge >= 0.3 is 0 Å². The molecule has 0 aliphatic rings. The Kier molecular flexibility index (Phi) is 4.17. The number of benzene rings is 1. The number of anilines is 1. The van der Waals surface area contributed by atoms with Crippen LogP contribution in [0.1, 0.15) is 11.3 Å². The number of aryl methyl sites for hydroxylation is 1. The summed E-state index contributed by atoms with van der Waals surface area (Å²) in [5.74, 6) is 1.46.